The molecule has 3 rings (SSSR count). The Morgan fingerprint density at radius 3 is 2.48 bits per heavy atom. The van der Waals surface area contributed by atoms with Gasteiger partial charge in [0.15, 0.2) is 5.96 Å². The Hall–Kier alpha value is -1.95. The third-order valence-corrected chi connectivity index (χ3v) is 5.48. The number of unbranched alkanes of at least 4 members (excludes halogenated alkanes) is 1. The van der Waals surface area contributed by atoms with E-state index in [1.54, 1.807) is 6.07 Å². The zero-order valence-corrected chi connectivity index (χ0v) is 16.7. The van der Waals surface area contributed by atoms with Gasteiger partial charge in [0, 0.05) is 39.3 Å². The molecule has 0 saturated carbocycles. The van der Waals surface area contributed by atoms with Crippen molar-refractivity contribution in [3.05, 3.63) is 24.3 Å². The topological polar surface area (TPSA) is 54.3 Å². The first-order valence-corrected chi connectivity index (χ1v) is 10.6. The third kappa shape index (κ3) is 5.76. The zero-order chi connectivity index (χ0) is 18.9. The minimum absolute atomic E-state index is 0.365. The summed E-state index contributed by atoms with van der Waals surface area (Å²) in [4.78, 5) is 12.0. The number of rotatable bonds is 7. The van der Waals surface area contributed by atoms with E-state index in [-0.39, 0.29) is 0 Å². The summed E-state index contributed by atoms with van der Waals surface area (Å²) >= 11 is 0. The van der Waals surface area contributed by atoms with Crippen LogP contribution < -0.4 is 10.2 Å². The molecule has 2 N–H and O–H groups in total. The van der Waals surface area contributed by atoms with Crippen LogP contribution in [0.1, 0.15) is 32.6 Å². The maximum absolute atomic E-state index is 10.1. The second kappa shape index (κ2) is 10.4. The molecule has 150 valence electrons. The molecule has 6 heteroatoms. The lowest BCUT2D eigenvalue weighted by Crippen LogP contribution is -2.52. The van der Waals surface area contributed by atoms with E-state index in [1.807, 2.05) is 18.2 Å². The van der Waals surface area contributed by atoms with Crippen molar-refractivity contribution < 1.29 is 5.11 Å². The standard InChI is InChI=1S/C21H35N5O/c1-2-22-21(23-11-5-6-12-24-13-7-8-14-24)26-17-15-25(16-18-26)19-9-3-4-10-20(19)27/h3-4,9-10,27H,2,5-8,11-18H2,1H3,(H,22,23). The number of nitrogens with one attached hydrogen (secondary N) is 1. The van der Waals surface area contributed by atoms with E-state index in [1.165, 1.54) is 38.9 Å². The second-order valence-corrected chi connectivity index (χ2v) is 7.45. The van der Waals surface area contributed by atoms with Crippen molar-refractivity contribution in [3.63, 3.8) is 0 Å². The SMILES string of the molecule is CCNC(=NCCCCN1CCCC1)N1CCN(c2ccccc2O)CC1. The first-order valence-electron chi connectivity index (χ1n) is 10.6. The minimum Gasteiger partial charge on any atom is -0.506 e. The maximum atomic E-state index is 10.1. The number of aromatic hydroxyl groups is 1. The highest BCUT2D eigenvalue weighted by molar-refractivity contribution is 5.80. The summed E-state index contributed by atoms with van der Waals surface area (Å²) < 4.78 is 0. The van der Waals surface area contributed by atoms with Crippen LogP contribution in [0.25, 0.3) is 0 Å². The van der Waals surface area contributed by atoms with Gasteiger partial charge in [-0.1, -0.05) is 12.1 Å². The summed E-state index contributed by atoms with van der Waals surface area (Å²) in [7, 11) is 0. The van der Waals surface area contributed by atoms with Gasteiger partial charge in [0.05, 0.1) is 5.69 Å². The maximum Gasteiger partial charge on any atom is 0.194 e. The fraction of sp³-hybridized carbons (Fsp3) is 0.667. The minimum atomic E-state index is 0.365. The molecule has 27 heavy (non-hydrogen) atoms. The molecule has 6 nitrogen and oxygen atoms in total. The normalized spacial score (nSPS) is 18.9. The van der Waals surface area contributed by atoms with E-state index < -0.39 is 0 Å². The molecule has 0 atom stereocenters. The number of para-hydroxylation sites is 2. The van der Waals surface area contributed by atoms with E-state index in [2.05, 4.69) is 26.9 Å². The number of nitrogens with zero attached hydrogens (tertiary/aromatic N) is 4. The number of likely N-dealkylation sites (tertiary alicyclic amines) is 1. The molecule has 1 aromatic carbocycles. The molecule has 0 aliphatic carbocycles. The van der Waals surface area contributed by atoms with Crippen molar-refractivity contribution in [2.24, 2.45) is 4.99 Å². The summed E-state index contributed by atoms with van der Waals surface area (Å²) in [5.74, 6) is 1.40. The molecule has 2 aliphatic rings. The number of phenols is 1. The van der Waals surface area contributed by atoms with Crippen LogP contribution in [-0.4, -0.2) is 79.8 Å². The molecule has 2 saturated heterocycles. The highest BCUT2D eigenvalue weighted by atomic mass is 16.3. The van der Waals surface area contributed by atoms with E-state index in [9.17, 15) is 5.11 Å². The van der Waals surface area contributed by atoms with Crippen LogP contribution >= 0.6 is 0 Å². The molecular formula is C21H35N5O. The molecule has 0 aromatic heterocycles. The van der Waals surface area contributed by atoms with Gasteiger partial charge in [-0.05, 0) is 64.4 Å². The molecule has 0 unspecified atom stereocenters. The lowest BCUT2D eigenvalue weighted by atomic mass is 10.2. The Balaban J connectivity index is 1.45. The number of anilines is 1. The average Bonchev–Trinajstić information content (AvgIpc) is 3.21. The molecule has 1 aromatic rings. The zero-order valence-electron chi connectivity index (χ0n) is 16.7. The highest BCUT2D eigenvalue weighted by Gasteiger charge is 2.21. The predicted molar refractivity (Wildman–Crippen MR) is 113 cm³/mol. The van der Waals surface area contributed by atoms with E-state index in [0.29, 0.717) is 5.75 Å². The van der Waals surface area contributed by atoms with Gasteiger partial charge in [0.1, 0.15) is 5.75 Å². The summed E-state index contributed by atoms with van der Waals surface area (Å²) in [6.45, 7) is 11.4. The van der Waals surface area contributed by atoms with E-state index in [0.717, 1.165) is 57.3 Å². The summed E-state index contributed by atoms with van der Waals surface area (Å²) in [6, 6.07) is 7.60. The van der Waals surface area contributed by atoms with Gasteiger partial charge in [-0.3, -0.25) is 4.99 Å². The molecule has 2 aliphatic heterocycles. The van der Waals surface area contributed by atoms with Crippen LogP contribution in [-0.2, 0) is 0 Å². The Labute approximate surface area is 163 Å². The fourth-order valence-corrected chi connectivity index (χ4v) is 3.95. The van der Waals surface area contributed by atoms with Gasteiger partial charge < -0.3 is 25.1 Å². The van der Waals surface area contributed by atoms with Gasteiger partial charge in [0.2, 0.25) is 0 Å². The van der Waals surface area contributed by atoms with E-state index >= 15 is 0 Å². The quantitative estimate of drug-likeness (QED) is 0.437. The Kier molecular flexibility index (Phi) is 7.63. The van der Waals surface area contributed by atoms with Gasteiger partial charge >= 0.3 is 0 Å². The van der Waals surface area contributed by atoms with Crippen LogP contribution in [0.15, 0.2) is 29.3 Å². The first-order chi connectivity index (χ1) is 13.3. The van der Waals surface area contributed by atoms with Gasteiger partial charge in [-0.25, -0.2) is 0 Å². The molecule has 2 fully saturated rings. The predicted octanol–water partition coefficient (Wildman–Crippen LogP) is 2.36. The highest BCUT2D eigenvalue weighted by Crippen LogP contribution is 2.27. The fourth-order valence-electron chi connectivity index (χ4n) is 3.95. The number of aliphatic imine (C=N–C) groups is 1. The Bertz CT molecular complexity index is 592. The van der Waals surface area contributed by atoms with E-state index in [4.69, 9.17) is 4.99 Å². The lowest BCUT2D eigenvalue weighted by Gasteiger charge is -2.37. The summed E-state index contributed by atoms with van der Waals surface area (Å²) in [5.41, 5.74) is 0.931. The van der Waals surface area contributed by atoms with Gasteiger partial charge in [-0.2, -0.15) is 0 Å². The second-order valence-electron chi connectivity index (χ2n) is 7.45. The smallest absolute Gasteiger partial charge is 0.194 e. The Morgan fingerprint density at radius 1 is 1.04 bits per heavy atom. The van der Waals surface area contributed by atoms with Crippen molar-refractivity contribution >= 4 is 11.6 Å². The van der Waals surface area contributed by atoms with Crippen LogP contribution in [0.5, 0.6) is 5.75 Å². The number of hydrogen-bond donors (Lipinski definition) is 2. The van der Waals surface area contributed by atoms with Crippen molar-refractivity contribution in [2.45, 2.75) is 32.6 Å². The third-order valence-electron chi connectivity index (χ3n) is 5.48. The molecule has 0 bridgehead atoms. The monoisotopic (exact) mass is 373 g/mol. The molecule has 2 heterocycles. The summed E-state index contributed by atoms with van der Waals surface area (Å²) in [5, 5.41) is 13.5. The molecular weight excluding hydrogens is 338 g/mol. The molecule has 0 amide bonds. The van der Waals surface area contributed by atoms with Crippen LogP contribution in [0.4, 0.5) is 5.69 Å². The van der Waals surface area contributed by atoms with Crippen LogP contribution in [0.2, 0.25) is 0 Å². The van der Waals surface area contributed by atoms with Crippen LogP contribution in [0.3, 0.4) is 0 Å². The molecule has 0 radical (unpaired) electrons. The average molecular weight is 374 g/mol. The largest absolute Gasteiger partial charge is 0.506 e. The van der Waals surface area contributed by atoms with Gasteiger partial charge in [0.25, 0.3) is 0 Å². The number of guanidine groups is 1. The van der Waals surface area contributed by atoms with Crippen molar-refractivity contribution in [1.29, 1.82) is 0 Å². The Morgan fingerprint density at radius 2 is 1.78 bits per heavy atom. The van der Waals surface area contributed by atoms with Crippen molar-refractivity contribution in [2.75, 3.05) is 63.8 Å². The lowest BCUT2D eigenvalue weighted by molar-refractivity contribution is 0.330. The van der Waals surface area contributed by atoms with Crippen LogP contribution in [0, 0.1) is 0 Å². The molecule has 0 spiro atoms. The van der Waals surface area contributed by atoms with Gasteiger partial charge in [-0.15, -0.1) is 0 Å². The number of benzene rings is 1. The van der Waals surface area contributed by atoms with Crippen molar-refractivity contribution in [3.8, 4) is 5.75 Å². The first kappa shape index (κ1) is 19.8. The number of hydrogen-bond acceptors (Lipinski definition) is 4. The summed E-state index contributed by atoms with van der Waals surface area (Å²) in [6.07, 6.45) is 5.14. The van der Waals surface area contributed by atoms with Crippen molar-refractivity contribution in [1.82, 2.24) is 15.1 Å². The number of piperazine rings is 1. The number of phenolic OH excluding ortho intramolecular Hbond substituents is 1.